The third-order valence-electron chi connectivity index (χ3n) is 3.21. The first kappa shape index (κ1) is 16.5. The van der Waals surface area contributed by atoms with E-state index in [1.165, 1.54) is 12.3 Å². The van der Waals surface area contributed by atoms with Crippen LogP contribution in [0.25, 0.3) is 0 Å². The molecule has 0 spiro atoms. The van der Waals surface area contributed by atoms with Crippen LogP contribution >= 0.6 is 0 Å². The van der Waals surface area contributed by atoms with Gasteiger partial charge in [0, 0.05) is 12.3 Å². The number of esters is 1. The van der Waals surface area contributed by atoms with Crippen LogP contribution in [0.5, 0.6) is 11.6 Å². The summed E-state index contributed by atoms with van der Waals surface area (Å²) in [6, 6.07) is 10.2. The zero-order valence-corrected chi connectivity index (χ0v) is 12.9. The monoisotopic (exact) mass is 315 g/mol. The molecule has 0 amide bonds. The lowest BCUT2D eigenvalue weighted by Crippen LogP contribution is -2.16. The molecule has 120 valence electrons. The molecule has 2 rings (SSSR count). The van der Waals surface area contributed by atoms with Crippen molar-refractivity contribution in [2.75, 3.05) is 6.61 Å². The summed E-state index contributed by atoms with van der Waals surface area (Å²) in [6.07, 6.45) is 1.34. The van der Waals surface area contributed by atoms with Gasteiger partial charge in [-0.25, -0.2) is 9.78 Å². The number of benzene rings is 1. The van der Waals surface area contributed by atoms with E-state index in [1.54, 1.807) is 38.1 Å². The molecule has 1 atom stereocenters. The molecule has 1 heterocycles. The number of nitrogens with zero attached hydrogens (tertiary/aromatic N) is 1. The van der Waals surface area contributed by atoms with Crippen molar-refractivity contribution in [3.63, 3.8) is 0 Å². The predicted molar refractivity (Wildman–Crippen MR) is 82.8 cm³/mol. The van der Waals surface area contributed by atoms with Crippen molar-refractivity contribution < 1.29 is 24.2 Å². The fraction of sp³-hybridized carbons (Fsp3) is 0.235. The Morgan fingerprint density at radius 2 is 1.96 bits per heavy atom. The van der Waals surface area contributed by atoms with Gasteiger partial charge in [0.15, 0.2) is 0 Å². The summed E-state index contributed by atoms with van der Waals surface area (Å²) in [5.74, 6) is -1.68. The highest BCUT2D eigenvalue weighted by Crippen LogP contribution is 2.26. The predicted octanol–water partition coefficient (Wildman–Crippen LogP) is 3.24. The van der Waals surface area contributed by atoms with Gasteiger partial charge >= 0.3 is 11.9 Å². The zero-order valence-electron chi connectivity index (χ0n) is 12.9. The Hall–Kier alpha value is -2.89. The number of ether oxygens (including phenoxy) is 2. The van der Waals surface area contributed by atoms with E-state index >= 15 is 0 Å². The number of rotatable bonds is 6. The molecular formula is C17H17NO5. The number of para-hydroxylation sites is 1. The summed E-state index contributed by atoms with van der Waals surface area (Å²) in [5.41, 5.74) is 0.253. The molecule has 1 N–H and O–H groups in total. The highest BCUT2D eigenvalue weighted by atomic mass is 16.5. The molecule has 0 aliphatic rings. The van der Waals surface area contributed by atoms with Crippen molar-refractivity contribution in [3.8, 4) is 11.6 Å². The summed E-state index contributed by atoms with van der Waals surface area (Å²) < 4.78 is 10.4. The topological polar surface area (TPSA) is 85.7 Å². The number of pyridine rings is 1. The second-order valence-electron chi connectivity index (χ2n) is 4.80. The van der Waals surface area contributed by atoms with Crippen molar-refractivity contribution in [2.45, 2.75) is 19.8 Å². The van der Waals surface area contributed by atoms with Crippen LogP contribution < -0.4 is 4.74 Å². The standard InChI is InChI=1S/C17H17NO5/c1-3-22-17(21)11(2)14-10-18-15(9-13(14)16(19)20)23-12-7-5-4-6-8-12/h4-11H,3H2,1-2H3,(H,19,20). The van der Waals surface area contributed by atoms with E-state index in [-0.39, 0.29) is 23.6 Å². The van der Waals surface area contributed by atoms with E-state index in [1.807, 2.05) is 6.07 Å². The third-order valence-corrected chi connectivity index (χ3v) is 3.21. The van der Waals surface area contributed by atoms with Gasteiger partial charge in [0.25, 0.3) is 0 Å². The van der Waals surface area contributed by atoms with E-state index in [2.05, 4.69) is 4.98 Å². The molecule has 1 aromatic carbocycles. The van der Waals surface area contributed by atoms with Gasteiger partial charge in [-0.05, 0) is 31.5 Å². The number of hydrogen-bond acceptors (Lipinski definition) is 5. The van der Waals surface area contributed by atoms with Crippen LogP contribution in [0.3, 0.4) is 0 Å². The van der Waals surface area contributed by atoms with Crippen molar-refractivity contribution in [3.05, 3.63) is 53.7 Å². The molecule has 0 saturated carbocycles. The number of aromatic nitrogens is 1. The van der Waals surface area contributed by atoms with Gasteiger partial charge < -0.3 is 14.6 Å². The number of carbonyl (C=O) groups is 2. The lowest BCUT2D eigenvalue weighted by atomic mass is 9.98. The van der Waals surface area contributed by atoms with E-state index < -0.39 is 17.9 Å². The average molecular weight is 315 g/mol. The molecule has 0 aliphatic carbocycles. The minimum Gasteiger partial charge on any atom is -0.478 e. The molecular weight excluding hydrogens is 298 g/mol. The fourth-order valence-electron chi connectivity index (χ4n) is 2.04. The van der Waals surface area contributed by atoms with E-state index in [0.29, 0.717) is 5.75 Å². The first-order chi connectivity index (χ1) is 11.0. The Labute approximate surface area is 133 Å². The smallest absolute Gasteiger partial charge is 0.336 e. The van der Waals surface area contributed by atoms with Crippen LogP contribution in [0.4, 0.5) is 0 Å². The molecule has 1 unspecified atom stereocenters. The van der Waals surface area contributed by atoms with Gasteiger partial charge in [0.1, 0.15) is 5.75 Å². The third kappa shape index (κ3) is 4.06. The minimum atomic E-state index is -1.16. The van der Waals surface area contributed by atoms with Crippen LogP contribution in [0.2, 0.25) is 0 Å². The second kappa shape index (κ2) is 7.40. The molecule has 0 radical (unpaired) electrons. The van der Waals surface area contributed by atoms with Crippen LogP contribution in [0.15, 0.2) is 42.6 Å². The number of hydrogen-bond donors (Lipinski definition) is 1. The van der Waals surface area contributed by atoms with E-state index in [9.17, 15) is 14.7 Å². The summed E-state index contributed by atoms with van der Waals surface area (Å²) in [5, 5.41) is 9.38. The normalized spacial score (nSPS) is 11.6. The number of carboxylic acids is 1. The Bertz CT molecular complexity index is 699. The highest BCUT2D eigenvalue weighted by Gasteiger charge is 2.24. The van der Waals surface area contributed by atoms with Gasteiger partial charge in [-0.3, -0.25) is 4.79 Å². The number of carboxylic acid groups (broad SMARTS) is 1. The van der Waals surface area contributed by atoms with Crippen LogP contribution in [-0.4, -0.2) is 28.6 Å². The SMILES string of the molecule is CCOC(=O)C(C)c1cnc(Oc2ccccc2)cc1C(=O)O. The summed E-state index contributed by atoms with van der Waals surface area (Å²) in [6.45, 7) is 3.51. The first-order valence-corrected chi connectivity index (χ1v) is 7.15. The van der Waals surface area contributed by atoms with E-state index in [4.69, 9.17) is 9.47 Å². The molecule has 0 saturated heterocycles. The van der Waals surface area contributed by atoms with Crippen LogP contribution in [0, 0.1) is 0 Å². The maximum Gasteiger partial charge on any atom is 0.336 e. The van der Waals surface area contributed by atoms with Crippen molar-refractivity contribution in [1.82, 2.24) is 4.98 Å². The Morgan fingerprint density at radius 1 is 1.26 bits per heavy atom. The Balaban J connectivity index is 2.31. The molecule has 1 aromatic heterocycles. The van der Waals surface area contributed by atoms with E-state index in [0.717, 1.165) is 0 Å². The number of aromatic carboxylic acids is 1. The second-order valence-corrected chi connectivity index (χ2v) is 4.80. The maximum absolute atomic E-state index is 11.8. The highest BCUT2D eigenvalue weighted by molar-refractivity contribution is 5.92. The molecule has 0 bridgehead atoms. The average Bonchev–Trinajstić information content (AvgIpc) is 2.55. The minimum absolute atomic E-state index is 0.0357. The van der Waals surface area contributed by atoms with Gasteiger partial charge in [-0.2, -0.15) is 0 Å². The maximum atomic E-state index is 11.8. The lowest BCUT2D eigenvalue weighted by Gasteiger charge is -2.14. The Kier molecular flexibility index (Phi) is 5.30. The zero-order chi connectivity index (χ0) is 16.8. The molecule has 0 fully saturated rings. The molecule has 0 aliphatic heterocycles. The van der Waals surface area contributed by atoms with Gasteiger partial charge in [0.2, 0.25) is 5.88 Å². The molecule has 23 heavy (non-hydrogen) atoms. The lowest BCUT2D eigenvalue weighted by molar-refractivity contribution is -0.144. The summed E-state index contributed by atoms with van der Waals surface area (Å²) >= 11 is 0. The van der Waals surface area contributed by atoms with Crippen molar-refractivity contribution in [1.29, 1.82) is 0 Å². The number of carbonyl (C=O) groups excluding carboxylic acids is 1. The van der Waals surface area contributed by atoms with Gasteiger partial charge in [0.05, 0.1) is 18.1 Å². The van der Waals surface area contributed by atoms with Crippen molar-refractivity contribution >= 4 is 11.9 Å². The van der Waals surface area contributed by atoms with Crippen LogP contribution in [-0.2, 0) is 9.53 Å². The molecule has 6 heteroatoms. The summed E-state index contributed by atoms with van der Waals surface area (Å²) in [4.78, 5) is 27.4. The van der Waals surface area contributed by atoms with Crippen molar-refractivity contribution in [2.24, 2.45) is 0 Å². The molecule has 2 aromatic rings. The Morgan fingerprint density at radius 3 is 2.57 bits per heavy atom. The first-order valence-electron chi connectivity index (χ1n) is 7.15. The quantitative estimate of drug-likeness (QED) is 0.824. The largest absolute Gasteiger partial charge is 0.478 e. The summed E-state index contributed by atoms with van der Waals surface area (Å²) in [7, 11) is 0. The van der Waals surface area contributed by atoms with Gasteiger partial charge in [-0.15, -0.1) is 0 Å². The molecule has 6 nitrogen and oxygen atoms in total. The fourth-order valence-corrected chi connectivity index (χ4v) is 2.04. The van der Waals surface area contributed by atoms with Crippen LogP contribution in [0.1, 0.15) is 35.7 Å². The van der Waals surface area contributed by atoms with Gasteiger partial charge in [-0.1, -0.05) is 18.2 Å².